The van der Waals surface area contributed by atoms with E-state index in [0.717, 1.165) is 57.8 Å². The van der Waals surface area contributed by atoms with Crippen LogP contribution >= 0.6 is 7.82 Å². The van der Waals surface area contributed by atoms with Crippen LogP contribution in [0, 0.1) is 0 Å². The highest BCUT2D eigenvalue weighted by Gasteiger charge is 2.28. The number of phosphoric acid groups is 1. The van der Waals surface area contributed by atoms with Gasteiger partial charge in [0.25, 0.3) is 0 Å². The lowest BCUT2D eigenvalue weighted by molar-refractivity contribution is -0.161. The van der Waals surface area contributed by atoms with Gasteiger partial charge >= 0.3 is 25.7 Å². The van der Waals surface area contributed by atoms with Crippen molar-refractivity contribution >= 4 is 25.7 Å². The van der Waals surface area contributed by atoms with Crippen molar-refractivity contribution in [1.29, 1.82) is 0 Å². The summed E-state index contributed by atoms with van der Waals surface area (Å²) in [5.74, 6) is -2.48. The second-order valence-corrected chi connectivity index (χ2v) is 15.9. The van der Waals surface area contributed by atoms with Gasteiger partial charge in [0.2, 0.25) is 0 Å². The maximum atomic E-state index is 12.6. The summed E-state index contributed by atoms with van der Waals surface area (Å²) in [6, 6.07) is -1.54. The summed E-state index contributed by atoms with van der Waals surface area (Å²) in [4.78, 5) is 45.9. The molecule has 0 fully saturated rings. The van der Waals surface area contributed by atoms with E-state index in [-0.39, 0.29) is 19.4 Å². The molecule has 0 saturated heterocycles. The molecule has 58 heavy (non-hydrogen) atoms. The number of aliphatic carboxylic acids is 1. The minimum absolute atomic E-state index is 0.111. The predicted molar refractivity (Wildman–Crippen MR) is 235 cm³/mol. The van der Waals surface area contributed by atoms with Crippen LogP contribution < -0.4 is 5.73 Å². The van der Waals surface area contributed by atoms with E-state index in [4.69, 9.17) is 24.8 Å². The Morgan fingerprint density at radius 1 is 0.534 bits per heavy atom. The third-order valence-corrected chi connectivity index (χ3v) is 9.86. The molecule has 0 amide bonds. The van der Waals surface area contributed by atoms with Crippen LogP contribution in [0.15, 0.2) is 72.9 Å². The Bertz CT molecular complexity index is 1260. The molecule has 0 aliphatic rings. The summed E-state index contributed by atoms with van der Waals surface area (Å²) in [6.07, 6.45) is 48.3. The van der Waals surface area contributed by atoms with E-state index in [1.165, 1.54) is 64.2 Å². The monoisotopic (exact) mass is 836 g/mol. The number of carbonyl (C=O) groups excluding carboxylic acids is 2. The van der Waals surface area contributed by atoms with E-state index in [9.17, 15) is 23.8 Å². The van der Waals surface area contributed by atoms with Gasteiger partial charge in [-0.15, -0.1) is 0 Å². The van der Waals surface area contributed by atoms with Crippen molar-refractivity contribution < 1.29 is 47.5 Å². The van der Waals surface area contributed by atoms with Crippen molar-refractivity contribution in [1.82, 2.24) is 0 Å². The highest BCUT2D eigenvalue weighted by atomic mass is 31.2. The highest BCUT2D eigenvalue weighted by molar-refractivity contribution is 7.47. The third kappa shape index (κ3) is 39.7. The first kappa shape index (κ1) is 54.9. The number of phosphoric ester groups is 1. The molecular formula is C46H78NO10P. The lowest BCUT2D eigenvalue weighted by atomic mass is 10.1. The van der Waals surface area contributed by atoms with Crippen LogP contribution in [-0.2, 0) is 37.5 Å². The zero-order chi connectivity index (χ0) is 42.8. The first-order valence-corrected chi connectivity index (χ1v) is 23.5. The lowest BCUT2D eigenvalue weighted by Crippen LogP contribution is -2.34. The molecule has 0 spiro atoms. The maximum Gasteiger partial charge on any atom is 0.472 e. The fraction of sp³-hybridized carbons (Fsp3) is 0.674. The number of nitrogens with two attached hydrogens (primary N) is 1. The topological polar surface area (TPSA) is 172 Å². The summed E-state index contributed by atoms with van der Waals surface area (Å²) in [7, 11) is -4.74. The van der Waals surface area contributed by atoms with E-state index >= 15 is 0 Å². The molecule has 0 aliphatic heterocycles. The van der Waals surface area contributed by atoms with Gasteiger partial charge in [-0.05, 0) is 77.0 Å². The van der Waals surface area contributed by atoms with E-state index in [1.807, 2.05) is 6.08 Å². The van der Waals surface area contributed by atoms with Crippen molar-refractivity contribution in [2.45, 2.75) is 180 Å². The van der Waals surface area contributed by atoms with Crippen molar-refractivity contribution in [3.63, 3.8) is 0 Å². The van der Waals surface area contributed by atoms with Gasteiger partial charge in [-0.2, -0.15) is 0 Å². The fourth-order valence-electron chi connectivity index (χ4n) is 5.45. The van der Waals surface area contributed by atoms with Crippen LogP contribution in [0.5, 0.6) is 0 Å². The molecule has 0 aromatic rings. The minimum Gasteiger partial charge on any atom is -0.480 e. The molecule has 0 saturated carbocycles. The molecule has 12 heteroatoms. The van der Waals surface area contributed by atoms with Gasteiger partial charge < -0.3 is 25.2 Å². The second-order valence-electron chi connectivity index (χ2n) is 14.5. The number of hydrogen-bond donors (Lipinski definition) is 3. The largest absolute Gasteiger partial charge is 0.480 e. The van der Waals surface area contributed by atoms with Gasteiger partial charge in [0.15, 0.2) is 6.10 Å². The Hall–Kier alpha value is -3.08. The Kier molecular flexibility index (Phi) is 38.5. The SMILES string of the molecule is CCC/C=C/C/C=C/C/C=C/C/C=C/CCCCCC(=O)O[C@H](COC(=O)CCC/C=C/C/C=C/CCCCCCCCCCC)COP(=O)(O)OC[C@H](N)C(=O)O. The van der Waals surface area contributed by atoms with Crippen molar-refractivity contribution in [2.24, 2.45) is 5.73 Å². The summed E-state index contributed by atoms with van der Waals surface area (Å²) < 4.78 is 32.6. The second kappa shape index (κ2) is 40.7. The molecule has 0 rings (SSSR count). The number of allylic oxidation sites excluding steroid dienone is 12. The number of carboxylic acid groups (broad SMARTS) is 1. The Morgan fingerprint density at radius 2 is 0.966 bits per heavy atom. The highest BCUT2D eigenvalue weighted by Crippen LogP contribution is 2.43. The van der Waals surface area contributed by atoms with Gasteiger partial charge in [-0.3, -0.25) is 23.4 Å². The number of ether oxygens (including phenoxy) is 2. The summed E-state index contributed by atoms with van der Waals surface area (Å²) in [6.45, 7) is 2.65. The van der Waals surface area contributed by atoms with Gasteiger partial charge in [-0.25, -0.2) is 4.57 Å². The molecule has 0 bridgehead atoms. The number of esters is 2. The maximum absolute atomic E-state index is 12.6. The molecule has 0 radical (unpaired) electrons. The Balaban J connectivity index is 4.49. The molecule has 3 atom stereocenters. The van der Waals surface area contributed by atoms with Crippen molar-refractivity contribution in [3.8, 4) is 0 Å². The number of unbranched alkanes of at least 4 members (excludes halogenated alkanes) is 14. The normalized spacial score (nSPS) is 14.4. The van der Waals surface area contributed by atoms with E-state index in [1.54, 1.807) is 0 Å². The molecular weight excluding hydrogens is 757 g/mol. The standard InChI is InChI=1S/C46H78NO10P/c1-3-5-7-9-11-13-15-17-19-21-23-25-27-29-31-33-35-37-44(48)54-39-42(40-55-58(52,53)56-41-43(47)46(50)51)57-45(49)38-36-34-32-30-28-26-24-22-20-18-16-14-12-10-8-6-4-2/h8,10,14,16,20,22-23,25-26,28-29,31,42-43H,3-7,9,11-13,15,17-19,21,24,27,30,32-41,47H2,1-2H3,(H,50,51)(H,52,53)/b10-8+,16-14+,22-20+,25-23+,28-26+,31-29+/t42-,43+/m1/s1. The van der Waals surface area contributed by atoms with Gasteiger partial charge in [0, 0.05) is 12.8 Å². The first-order chi connectivity index (χ1) is 28.1. The molecule has 0 aromatic carbocycles. The van der Waals surface area contributed by atoms with Crippen LogP contribution in [0.2, 0.25) is 0 Å². The Morgan fingerprint density at radius 3 is 1.48 bits per heavy atom. The molecule has 1 unspecified atom stereocenters. The minimum atomic E-state index is -4.74. The zero-order valence-electron chi connectivity index (χ0n) is 35.9. The van der Waals surface area contributed by atoms with E-state index in [2.05, 4.69) is 85.2 Å². The van der Waals surface area contributed by atoms with Crippen molar-refractivity contribution in [2.75, 3.05) is 19.8 Å². The van der Waals surface area contributed by atoms with Gasteiger partial charge in [0.1, 0.15) is 12.6 Å². The summed E-state index contributed by atoms with van der Waals surface area (Å²) in [5, 5.41) is 8.89. The number of carboxylic acids is 1. The van der Waals surface area contributed by atoms with E-state index in [0.29, 0.717) is 19.3 Å². The van der Waals surface area contributed by atoms with Gasteiger partial charge in [0.05, 0.1) is 13.2 Å². The van der Waals surface area contributed by atoms with Gasteiger partial charge in [-0.1, -0.05) is 151 Å². The quantitative estimate of drug-likeness (QED) is 0.0232. The fourth-order valence-corrected chi connectivity index (χ4v) is 6.23. The number of hydrogen-bond acceptors (Lipinski definition) is 9. The molecule has 0 heterocycles. The van der Waals surface area contributed by atoms with Crippen LogP contribution in [0.25, 0.3) is 0 Å². The van der Waals surface area contributed by atoms with Crippen LogP contribution in [0.1, 0.15) is 168 Å². The average molecular weight is 836 g/mol. The number of rotatable bonds is 40. The smallest absolute Gasteiger partial charge is 0.472 e. The number of carbonyl (C=O) groups is 3. The zero-order valence-corrected chi connectivity index (χ0v) is 36.8. The Labute approximate surface area is 350 Å². The van der Waals surface area contributed by atoms with Crippen LogP contribution in [-0.4, -0.2) is 59.9 Å². The lowest BCUT2D eigenvalue weighted by Gasteiger charge is -2.20. The first-order valence-electron chi connectivity index (χ1n) is 22.0. The van der Waals surface area contributed by atoms with Crippen molar-refractivity contribution in [3.05, 3.63) is 72.9 Å². The third-order valence-electron chi connectivity index (χ3n) is 8.91. The molecule has 332 valence electrons. The summed E-state index contributed by atoms with van der Waals surface area (Å²) in [5.41, 5.74) is 5.33. The molecule has 11 nitrogen and oxygen atoms in total. The molecule has 4 N–H and O–H groups in total. The van der Waals surface area contributed by atoms with Crippen LogP contribution in [0.3, 0.4) is 0 Å². The molecule has 0 aliphatic carbocycles. The summed E-state index contributed by atoms with van der Waals surface area (Å²) >= 11 is 0. The van der Waals surface area contributed by atoms with E-state index < -0.39 is 51.1 Å². The predicted octanol–water partition coefficient (Wildman–Crippen LogP) is 11.7. The van der Waals surface area contributed by atoms with Crippen LogP contribution in [0.4, 0.5) is 0 Å². The molecule has 0 aromatic heterocycles. The average Bonchev–Trinajstić information content (AvgIpc) is 3.20.